The summed E-state index contributed by atoms with van der Waals surface area (Å²) >= 11 is 0. The maximum atomic E-state index is 13.5. The highest BCUT2D eigenvalue weighted by atomic mass is 19.3. The summed E-state index contributed by atoms with van der Waals surface area (Å²) < 4.78 is 31.7. The SMILES string of the molecule is CC(C)(C)N1CC(OCC(=O)O)C(F)(F)C1. The molecule has 0 saturated carbocycles. The van der Waals surface area contributed by atoms with Crippen molar-refractivity contribution < 1.29 is 23.4 Å². The molecular weight excluding hydrogens is 220 g/mol. The minimum Gasteiger partial charge on any atom is -0.480 e. The van der Waals surface area contributed by atoms with Crippen molar-refractivity contribution in [2.24, 2.45) is 0 Å². The van der Waals surface area contributed by atoms with Gasteiger partial charge in [-0.05, 0) is 20.8 Å². The number of carboxylic acids is 1. The molecule has 1 unspecified atom stereocenters. The van der Waals surface area contributed by atoms with Gasteiger partial charge < -0.3 is 9.84 Å². The zero-order chi connectivity index (χ0) is 12.6. The summed E-state index contributed by atoms with van der Waals surface area (Å²) in [7, 11) is 0. The molecule has 1 rings (SSSR count). The van der Waals surface area contributed by atoms with E-state index in [0.29, 0.717) is 0 Å². The van der Waals surface area contributed by atoms with Crippen LogP contribution in [0.3, 0.4) is 0 Å². The van der Waals surface area contributed by atoms with Gasteiger partial charge in [-0.2, -0.15) is 0 Å². The third-order valence-electron chi connectivity index (χ3n) is 2.62. The number of halogens is 2. The van der Waals surface area contributed by atoms with E-state index in [1.807, 2.05) is 20.8 Å². The molecule has 1 N–H and O–H groups in total. The smallest absolute Gasteiger partial charge is 0.329 e. The molecule has 0 amide bonds. The average Bonchev–Trinajstić information content (AvgIpc) is 2.36. The van der Waals surface area contributed by atoms with E-state index >= 15 is 0 Å². The fourth-order valence-corrected chi connectivity index (χ4v) is 1.61. The normalized spacial score (nSPS) is 25.9. The first kappa shape index (κ1) is 13.3. The van der Waals surface area contributed by atoms with Gasteiger partial charge >= 0.3 is 5.97 Å². The first-order valence-corrected chi connectivity index (χ1v) is 5.09. The Labute approximate surface area is 93.2 Å². The van der Waals surface area contributed by atoms with Gasteiger partial charge in [0.1, 0.15) is 12.7 Å². The third-order valence-corrected chi connectivity index (χ3v) is 2.62. The van der Waals surface area contributed by atoms with E-state index in [1.165, 1.54) is 0 Å². The van der Waals surface area contributed by atoms with Gasteiger partial charge in [-0.25, -0.2) is 13.6 Å². The van der Waals surface area contributed by atoms with Crippen molar-refractivity contribution in [2.45, 2.75) is 38.3 Å². The lowest BCUT2D eigenvalue weighted by Crippen LogP contribution is -2.40. The second-order valence-electron chi connectivity index (χ2n) is 5.01. The molecule has 0 aromatic rings. The van der Waals surface area contributed by atoms with Crippen LogP contribution < -0.4 is 0 Å². The Morgan fingerprint density at radius 1 is 1.56 bits per heavy atom. The van der Waals surface area contributed by atoms with Gasteiger partial charge in [0, 0.05) is 12.1 Å². The van der Waals surface area contributed by atoms with Crippen LogP contribution in [0.2, 0.25) is 0 Å². The average molecular weight is 237 g/mol. The zero-order valence-corrected chi connectivity index (χ0v) is 9.67. The van der Waals surface area contributed by atoms with Crippen molar-refractivity contribution in [1.82, 2.24) is 4.90 Å². The van der Waals surface area contributed by atoms with Crippen LogP contribution in [0.25, 0.3) is 0 Å². The maximum Gasteiger partial charge on any atom is 0.329 e. The summed E-state index contributed by atoms with van der Waals surface area (Å²) in [6.07, 6.45) is -1.33. The largest absolute Gasteiger partial charge is 0.480 e. The summed E-state index contributed by atoms with van der Waals surface area (Å²) in [5.41, 5.74) is -0.370. The summed E-state index contributed by atoms with van der Waals surface area (Å²) in [4.78, 5) is 11.9. The van der Waals surface area contributed by atoms with Gasteiger partial charge in [0.05, 0.1) is 6.54 Å². The van der Waals surface area contributed by atoms with Gasteiger partial charge in [-0.3, -0.25) is 4.90 Å². The highest BCUT2D eigenvalue weighted by Crippen LogP contribution is 2.33. The number of carboxylic acid groups (broad SMARTS) is 1. The van der Waals surface area contributed by atoms with Gasteiger partial charge in [-0.1, -0.05) is 0 Å². The minimum absolute atomic E-state index is 0.0593. The summed E-state index contributed by atoms with van der Waals surface area (Å²) in [5, 5.41) is 8.39. The molecule has 4 nitrogen and oxygen atoms in total. The maximum absolute atomic E-state index is 13.5. The molecule has 0 radical (unpaired) electrons. The molecule has 0 spiro atoms. The fraction of sp³-hybridized carbons (Fsp3) is 0.900. The first-order valence-electron chi connectivity index (χ1n) is 5.09. The fourth-order valence-electron chi connectivity index (χ4n) is 1.61. The minimum atomic E-state index is -2.98. The highest BCUT2D eigenvalue weighted by molar-refractivity contribution is 5.68. The molecule has 94 valence electrons. The number of alkyl halides is 2. The van der Waals surface area contributed by atoms with Crippen molar-refractivity contribution >= 4 is 5.97 Å². The van der Waals surface area contributed by atoms with Gasteiger partial charge in [0.2, 0.25) is 0 Å². The predicted octanol–water partition coefficient (Wildman–Crippen LogP) is 1.21. The first-order chi connectivity index (χ1) is 7.13. The second kappa shape index (κ2) is 4.25. The Kier molecular flexibility index (Phi) is 3.54. The molecule has 0 aromatic carbocycles. The van der Waals surface area contributed by atoms with Gasteiger partial charge in [0.25, 0.3) is 5.92 Å². The lowest BCUT2D eigenvalue weighted by Gasteiger charge is -2.31. The third kappa shape index (κ3) is 3.12. The van der Waals surface area contributed by atoms with Crippen LogP contribution in [0.4, 0.5) is 8.78 Å². The Morgan fingerprint density at radius 2 is 2.12 bits per heavy atom. The van der Waals surface area contributed by atoms with E-state index in [1.54, 1.807) is 4.90 Å². The van der Waals surface area contributed by atoms with Gasteiger partial charge in [0.15, 0.2) is 0 Å². The zero-order valence-electron chi connectivity index (χ0n) is 9.67. The van der Waals surface area contributed by atoms with Crippen LogP contribution in [0, 0.1) is 0 Å². The standard InChI is InChI=1S/C10H17F2NO3/c1-9(2,3)13-4-7(10(11,12)6-13)16-5-8(14)15/h7H,4-6H2,1-3H3,(H,14,15). The molecule has 1 atom stereocenters. The number of ether oxygens (including phenoxy) is 1. The van der Waals surface area contributed by atoms with Crippen LogP contribution in [-0.2, 0) is 9.53 Å². The van der Waals surface area contributed by atoms with Crippen molar-refractivity contribution in [3.05, 3.63) is 0 Å². The monoisotopic (exact) mass is 237 g/mol. The quantitative estimate of drug-likeness (QED) is 0.801. The molecule has 0 aliphatic carbocycles. The molecule has 1 aliphatic heterocycles. The molecule has 0 aromatic heterocycles. The molecule has 1 aliphatic rings. The number of aliphatic carboxylic acids is 1. The van der Waals surface area contributed by atoms with E-state index in [9.17, 15) is 13.6 Å². The van der Waals surface area contributed by atoms with Crippen molar-refractivity contribution in [3.63, 3.8) is 0 Å². The van der Waals surface area contributed by atoms with Crippen LogP contribution in [0.1, 0.15) is 20.8 Å². The van der Waals surface area contributed by atoms with E-state index in [2.05, 4.69) is 0 Å². The Bertz CT molecular complexity index is 276. The lowest BCUT2D eigenvalue weighted by molar-refractivity contribution is -0.152. The molecular formula is C10H17F2NO3. The summed E-state index contributed by atoms with van der Waals surface area (Å²) in [6, 6.07) is 0. The van der Waals surface area contributed by atoms with E-state index in [4.69, 9.17) is 9.84 Å². The van der Waals surface area contributed by atoms with Crippen molar-refractivity contribution in [1.29, 1.82) is 0 Å². The Hall–Kier alpha value is -0.750. The second-order valence-corrected chi connectivity index (χ2v) is 5.01. The number of hydrogen-bond donors (Lipinski definition) is 1. The van der Waals surface area contributed by atoms with Crippen LogP contribution in [0.5, 0.6) is 0 Å². The van der Waals surface area contributed by atoms with Crippen molar-refractivity contribution in [3.8, 4) is 0 Å². The summed E-state index contributed by atoms with van der Waals surface area (Å²) in [5.74, 6) is -4.21. The topological polar surface area (TPSA) is 49.8 Å². The van der Waals surface area contributed by atoms with E-state index in [0.717, 1.165) is 0 Å². The molecule has 1 fully saturated rings. The van der Waals surface area contributed by atoms with Crippen molar-refractivity contribution in [2.75, 3.05) is 19.7 Å². The molecule has 16 heavy (non-hydrogen) atoms. The predicted molar refractivity (Wildman–Crippen MR) is 53.6 cm³/mol. The molecule has 1 saturated heterocycles. The van der Waals surface area contributed by atoms with E-state index in [-0.39, 0.29) is 18.6 Å². The molecule has 1 heterocycles. The highest BCUT2D eigenvalue weighted by Gasteiger charge is 2.51. The number of hydrogen-bond acceptors (Lipinski definition) is 3. The number of carbonyl (C=O) groups is 1. The molecule has 6 heteroatoms. The Balaban J connectivity index is 2.62. The molecule has 0 bridgehead atoms. The van der Waals surface area contributed by atoms with Crippen LogP contribution in [-0.4, -0.2) is 53.2 Å². The Morgan fingerprint density at radius 3 is 2.50 bits per heavy atom. The van der Waals surface area contributed by atoms with Gasteiger partial charge in [-0.15, -0.1) is 0 Å². The lowest BCUT2D eigenvalue weighted by atomic mass is 10.1. The number of rotatable bonds is 3. The van der Waals surface area contributed by atoms with Crippen LogP contribution in [0.15, 0.2) is 0 Å². The summed E-state index contributed by atoms with van der Waals surface area (Å²) in [6.45, 7) is 4.50. The van der Waals surface area contributed by atoms with Crippen LogP contribution >= 0.6 is 0 Å². The number of nitrogens with zero attached hydrogens (tertiary/aromatic N) is 1. The van der Waals surface area contributed by atoms with E-state index < -0.39 is 24.6 Å². The number of likely N-dealkylation sites (tertiary alicyclic amines) is 1.